The summed E-state index contributed by atoms with van der Waals surface area (Å²) in [5.41, 5.74) is 5.80. The minimum Gasteiger partial charge on any atom is -0.378 e. The molecule has 1 aliphatic carbocycles. The summed E-state index contributed by atoms with van der Waals surface area (Å²) in [4.78, 5) is 0.291. The van der Waals surface area contributed by atoms with Gasteiger partial charge in [-0.05, 0) is 84.8 Å². The van der Waals surface area contributed by atoms with Gasteiger partial charge in [-0.2, -0.15) is 0 Å². The van der Waals surface area contributed by atoms with E-state index in [4.69, 9.17) is 0 Å². The first-order chi connectivity index (χ1) is 15.3. The maximum Gasteiger partial charge on any atom is 0.261 e. The molecule has 0 fully saturated rings. The second-order valence-electron chi connectivity index (χ2n) is 8.70. The van der Waals surface area contributed by atoms with E-state index >= 15 is 0 Å². The first-order valence-electron chi connectivity index (χ1n) is 10.7. The molecule has 164 valence electrons. The molecule has 3 atom stereocenters. The lowest BCUT2D eigenvalue weighted by molar-refractivity contribution is 0.425. The van der Waals surface area contributed by atoms with Gasteiger partial charge in [-0.3, -0.25) is 4.72 Å². The fourth-order valence-electron chi connectivity index (χ4n) is 4.82. The molecule has 5 rings (SSSR count). The van der Waals surface area contributed by atoms with E-state index in [0.29, 0.717) is 16.5 Å². The van der Waals surface area contributed by atoms with Crippen LogP contribution < -0.4 is 10.0 Å². The van der Waals surface area contributed by atoms with Crippen molar-refractivity contribution in [2.45, 2.75) is 37.1 Å². The summed E-state index contributed by atoms with van der Waals surface area (Å²) >= 11 is 3.58. The number of aryl methyl sites for hydroxylation is 2. The Morgan fingerprint density at radius 3 is 2.69 bits per heavy atom. The molecular weight excluding hydrogens is 484 g/mol. The molecule has 2 aliphatic rings. The number of allylic oxidation sites excluding steroid dienone is 2. The average Bonchev–Trinajstić information content (AvgIpc) is 3.25. The van der Waals surface area contributed by atoms with E-state index in [0.717, 1.165) is 33.3 Å². The van der Waals surface area contributed by atoms with Crippen LogP contribution in [0.15, 0.2) is 82.2 Å². The molecule has 0 unspecified atom stereocenters. The van der Waals surface area contributed by atoms with Gasteiger partial charge in [-0.1, -0.05) is 52.3 Å². The molecule has 3 aromatic rings. The van der Waals surface area contributed by atoms with Crippen LogP contribution in [0.4, 0.5) is 11.4 Å². The molecular formula is C26H25BrN2O2S. The zero-order valence-electron chi connectivity index (χ0n) is 18.0. The highest BCUT2D eigenvalue weighted by molar-refractivity contribution is 9.10. The molecule has 4 nitrogen and oxygen atoms in total. The normalized spacial score (nSPS) is 21.5. The summed E-state index contributed by atoms with van der Waals surface area (Å²) in [5.74, 6) is 0.535. The molecule has 0 radical (unpaired) electrons. The molecule has 3 aromatic carbocycles. The van der Waals surface area contributed by atoms with Crippen molar-refractivity contribution in [2.75, 3.05) is 10.0 Å². The molecule has 0 amide bonds. The van der Waals surface area contributed by atoms with Gasteiger partial charge < -0.3 is 5.32 Å². The minimum absolute atomic E-state index is 0.176. The summed E-state index contributed by atoms with van der Waals surface area (Å²) in [5, 5.41) is 3.68. The van der Waals surface area contributed by atoms with Gasteiger partial charge in [0.25, 0.3) is 10.0 Å². The number of hydrogen-bond donors (Lipinski definition) is 2. The maximum atomic E-state index is 13.2. The highest BCUT2D eigenvalue weighted by atomic mass is 79.9. The van der Waals surface area contributed by atoms with Crippen molar-refractivity contribution in [1.82, 2.24) is 0 Å². The van der Waals surface area contributed by atoms with Crippen molar-refractivity contribution in [3.63, 3.8) is 0 Å². The van der Waals surface area contributed by atoms with E-state index in [1.54, 1.807) is 6.07 Å². The smallest absolute Gasteiger partial charge is 0.261 e. The predicted octanol–water partition coefficient (Wildman–Crippen LogP) is 6.69. The monoisotopic (exact) mass is 508 g/mol. The average molecular weight is 509 g/mol. The lowest BCUT2D eigenvalue weighted by atomic mass is 9.77. The number of anilines is 2. The van der Waals surface area contributed by atoms with Crippen molar-refractivity contribution in [3.05, 3.63) is 99.5 Å². The Hall–Kier alpha value is -2.57. The molecule has 32 heavy (non-hydrogen) atoms. The number of benzene rings is 3. The van der Waals surface area contributed by atoms with E-state index in [2.05, 4.69) is 56.3 Å². The van der Waals surface area contributed by atoms with Gasteiger partial charge in [0.1, 0.15) is 0 Å². The summed E-state index contributed by atoms with van der Waals surface area (Å²) in [7, 11) is -3.69. The van der Waals surface area contributed by atoms with Crippen LogP contribution in [0.2, 0.25) is 0 Å². The number of sulfonamides is 1. The third kappa shape index (κ3) is 3.86. The van der Waals surface area contributed by atoms with Crippen molar-refractivity contribution >= 4 is 37.3 Å². The third-order valence-corrected chi connectivity index (χ3v) is 8.35. The standard InChI is InChI=1S/C26H25BrN2O2S/c1-16-9-10-17(2)25(13-16)29-32(30,31)20-11-12-24-23(15-20)21-7-4-8-22(21)26(28-24)18-5-3-6-19(27)14-18/h3-7,9-15,21-22,26,28-29H,8H2,1-2H3/t21-,22+,26+/m0/s1. The molecule has 0 bridgehead atoms. The van der Waals surface area contributed by atoms with Gasteiger partial charge in [-0.15, -0.1) is 0 Å². The first kappa shape index (κ1) is 21.3. The molecule has 1 heterocycles. The Labute approximate surface area is 197 Å². The van der Waals surface area contributed by atoms with E-state index < -0.39 is 10.0 Å². The van der Waals surface area contributed by atoms with Crippen molar-refractivity contribution in [3.8, 4) is 0 Å². The maximum absolute atomic E-state index is 13.2. The quantitative estimate of drug-likeness (QED) is 0.385. The molecule has 2 N–H and O–H groups in total. The zero-order chi connectivity index (χ0) is 22.5. The van der Waals surface area contributed by atoms with Crippen molar-refractivity contribution in [2.24, 2.45) is 5.92 Å². The van der Waals surface area contributed by atoms with Crippen LogP contribution in [-0.4, -0.2) is 8.42 Å². The third-order valence-electron chi connectivity index (χ3n) is 6.49. The summed E-state index contributed by atoms with van der Waals surface area (Å²) in [6, 6.07) is 19.8. The second kappa shape index (κ2) is 8.09. The van der Waals surface area contributed by atoms with E-state index in [-0.39, 0.29) is 12.0 Å². The SMILES string of the molecule is Cc1ccc(C)c(NS(=O)(=O)c2ccc3c(c2)[C@H]2C=CC[C@H]2[C@@H](c2cccc(Br)c2)N3)c1. The fourth-order valence-corrected chi connectivity index (χ4v) is 6.39. The number of rotatable bonds is 4. The minimum atomic E-state index is -3.69. The number of halogens is 1. The van der Waals surface area contributed by atoms with Crippen molar-refractivity contribution in [1.29, 1.82) is 0 Å². The van der Waals surface area contributed by atoms with Crippen LogP contribution in [0, 0.1) is 19.8 Å². The molecule has 0 aromatic heterocycles. The zero-order valence-corrected chi connectivity index (χ0v) is 20.4. The second-order valence-corrected chi connectivity index (χ2v) is 11.3. The van der Waals surface area contributed by atoms with Crippen molar-refractivity contribution < 1.29 is 8.42 Å². The lowest BCUT2D eigenvalue weighted by Gasteiger charge is -2.37. The Morgan fingerprint density at radius 2 is 1.88 bits per heavy atom. The summed E-state index contributed by atoms with van der Waals surface area (Å²) in [6.07, 6.45) is 5.41. The van der Waals surface area contributed by atoms with Gasteiger partial charge in [0.15, 0.2) is 0 Å². The van der Waals surface area contributed by atoms with Gasteiger partial charge in [0.2, 0.25) is 0 Å². The van der Waals surface area contributed by atoms with Crippen LogP contribution in [0.25, 0.3) is 0 Å². The van der Waals surface area contributed by atoms with Gasteiger partial charge in [0, 0.05) is 16.1 Å². The van der Waals surface area contributed by atoms with Gasteiger partial charge in [-0.25, -0.2) is 8.42 Å². The topological polar surface area (TPSA) is 58.2 Å². The molecule has 6 heteroatoms. The fraction of sp³-hybridized carbons (Fsp3) is 0.231. The Morgan fingerprint density at radius 1 is 1.03 bits per heavy atom. The highest BCUT2D eigenvalue weighted by Crippen LogP contribution is 2.50. The Balaban J connectivity index is 1.50. The van der Waals surface area contributed by atoms with E-state index in [9.17, 15) is 8.42 Å². The lowest BCUT2D eigenvalue weighted by Crippen LogP contribution is -2.29. The predicted molar refractivity (Wildman–Crippen MR) is 134 cm³/mol. The van der Waals surface area contributed by atoms with Crippen LogP contribution in [0.1, 0.15) is 40.6 Å². The van der Waals surface area contributed by atoms with Crippen LogP contribution in [0.5, 0.6) is 0 Å². The molecule has 0 saturated carbocycles. The molecule has 1 aliphatic heterocycles. The van der Waals surface area contributed by atoms with Crippen LogP contribution in [0.3, 0.4) is 0 Å². The molecule has 0 spiro atoms. The Kier molecular flexibility index (Phi) is 5.38. The van der Waals surface area contributed by atoms with E-state index in [1.807, 2.05) is 50.2 Å². The van der Waals surface area contributed by atoms with Gasteiger partial charge >= 0.3 is 0 Å². The largest absolute Gasteiger partial charge is 0.378 e. The first-order valence-corrected chi connectivity index (χ1v) is 13.0. The number of nitrogens with one attached hydrogen (secondary N) is 2. The summed E-state index contributed by atoms with van der Waals surface area (Å²) in [6.45, 7) is 3.86. The Bertz CT molecular complexity index is 1330. The summed E-state index contributed by atoms with van der Waals surface area (Å²) < 4.78 is 30.3. The number of hydrogen-bond acceptors (Lipinski definition) is 3. The van der Waals surface area contributed by atoms with E-state index in [1.165, 1.54) is 5.56 Å². The molecule has 0 saturated heterocycles. The van der Waals surface area contributed by atoms with Crippen LogP contribution in [-0.2, 0) is 10.0 Å². The highest BCUT2D eigenvalue weighted by Gasteiger charge is 2.38. The van der Waals surface area contributed by atoms with Crippen LogP contribution >= 0.6 is 15.9 Å². The van der Waals surface area contributed by atoms with Gasteiger partial charge in [0.05, 0.1) is 16.6 Å². The number of fused-ring (bicyclic) bond motifs is 3.